The zero-order valence-corrected chi connectivity index (χ0v) is 18.6. The molecule has 0 aromatic heterocycles. The number of aliphatic hydroxyl groups is 1. The number of fused-ring (bicyclic) bond motifs is 1. The Labute approximate surface area is 189 Å². The summed E-state index contributed by atoms with van der Waals surface area (Å²) in [5.74, 6) is 1.31. The van der Waals surface area contributed by atoms with Gasteiger partial charge in [-0.05, 0) is 48.4 Å². The van der Waals surface area contributed by atoms with Gasteiger partial charge in [-0.1, -0.05) is 30.3 Å². The number of benzene rings is 2. The number of rotatable bonds is 7. The lowest BCUT2D eigenvalue weighted by Gasteiger charge is -2.46. The molecule has 0 amide bonds. The third kappa shape index (κ3) is 4.11. The smallest absolute Gasteiger partial charge is 0.154 e. The number of ether oxygens (including phenoxy) is 2. The number of nitrogens with zero attached hydrogens (tertiary/aromatic N) is 1. The van der Waals surface area contributed by atoms with Gasteiger partial charge in [0, 0.05) is 30.9 Å². The van der Waals surface area contributed by atoms with Crippen LogP contribution in [0.4, 0.5) is 0 Å². The molecule has 0 bridgehead atoms. The summed E-state index contributed by atoms with van der Waals surface area (Å²) in [4.78, 5) is 13.3. The molecular weight excluding hydrogens is 404 g/mol. The summed E-state index contributed by atoms with van der Waals surface area (Å²) in [5.41, 5.74) is 0.487. The van der Waals surface area contributed by atoms with Crippen molar-refractivity contribution in [3.8, 4) is 17.6 Å². The van der Waals surface area contributed by atoms with Crippen molar-refractivity contribution in [1.29, 1.82) is 5.26 Å². The molecule has 5 atom stereocenters. The zero-order valence-electron chi connectivity index (χ0n) is 18.6. The monoisotopic (exact) mass is 434 g/mol. The van der Waals surface area contributed by atoms with Crippen molar-refractivity contribution in [3.05, 3.63) is 59.7 Å². The van der Waals surface area contributed by atoms with Crippen molar-refractivity contribution in [3.63, 3.8) is 0 Å². The molecule has 2 aromatic rings. The number of nitriles is 1. The van der Waals surface area contributed by atoms with Crippen molar-refractivity contribution >= 4 is 5.78 Å². The number of methoxy groups -OCH3 is 2. The van der Waals surface area contributed by atoms with Gasteiger partial charge in [-0.3, -0.25) is 4.79 Å². The molecule has 6 nitrogen and oxygen atoms in total. The highest BCUT2D eigenvalue weighted by molar-refractivity contribution is 5.87. The number of Topliss-reactive ketones (excluding diaryl/α,β-unsaturated/α-hetero) is 1. The lowest BCUT2D eigenvalue weighted by Crippen LogP contribution is -2.48. The zero-order chi connectivity index (χ0) is 22.7. The molecule has 1 unspecified atom stereocenters. The Morgan fingerprint density at radius 3 is 2.78 bits per heavy atom. The van der Waals surface area contributed by atoms with Crippen molar-refractivity contribution < 1.29 is 19.4 Å². The highest BCUT2D eigenvalue weighted by Crippen LogP contribution is 2.52. The van der Waals surface area contributed by atoms with Crippen LogP contribution >= 0.6 is 0 Å². The number of ketones is 1. The maximum absolute atomic E-state index is 13.3. The second kappa shape index (κ2) is 9.32. The minimum Gasteiger partial charge on any atom is -0.497 e. The van der Waals surface area contributed by atoms with Gasteiger partial charge in [-0.25, -0.2) is 0 Å². The van der Waals surface area contributed by atoms with Crippen molar-refractivity contribution in [2.45, 2.75) is 37.3 Å². The van der Waals surface area contributed by atoms with E-state index in [2.05, 4.69) is 11.4 Å². The van der Waals surface area contributed by atoms with Crippen LogP contribution in [0, 0.1) is 29.1 Å². The van der Waals surface area contributed by atoms with E-state index in [4.69, 9.17) is 9.47 Å². The van der Waals surface area contributed by atoms with Gasteiger partial charge < -0.3 is 19.9 Å². The van der Waals surface area contributed by atoms with Crippen LogP contribution < -0.4 is 14.8 Å². The third-order valence-electron chi connectivity index (χ3n) is 7.13. The standard InChI is InChI=1S/C26H30N2O4/c1-31-19-7-5-6-17(12-19)14-23(29)25-20-13-18(10-11-27)15-26(30,22(20)16-28-25)21-8-3-4-9-24(21)32-2/h3-9,12,18,20,22,25,28,30H,10,13-16H2,1-2H3/t18-,20-,22-,25?,26-/m1/s1. The summed E-state index contributed by atoms with van der Waals surface area (Å²) in [6.07, 6.45) is 1.89. The van der Waals surface area contributed by atoms with Gasteiger partial charge in [0.2, 0.25) is 0 Å². The fourth-order valence-corrected chi connectivity index (χ4v) is 5.71. The number of hydrogen-bond donors (Lipinski definition) is 2. The van der Waals surface area contributed by atoms with Gasteiger partial charge in [0.1, 0.15) is 11.5 Å². The third-order valence-corrected chi connectivity index (χ3v) is 7.13. The normalized spacial score (nSPS) is 29.1. The van der Waals surface area contributed by atoms with E-state index < -0.39 is 5.60 Å². The van der Waals surface area contributed by atoms with Crippen molar-refractivity contribution in [2.75, 3.05) is 20.8 Å². The van der Waals surface area contributed by atoms with Gasteiger partial charge in [0.25, 0.3) is 0 Å². The van der Waals surface area contributed by atoms with Crippen LogP contribution in [0.1, 0.15) is 30.4 Å². The Kier molecular flexibility index (Phi) is 6.50. The van der Waals surface area contributed by atoms with Crippen LogP contribution in [0.5, 0.6) is 11.5 Å². The molecule has 0 spiro atoms. The molecule has 1 aliphatic heterocycles. The Balaban J connectivity index is 1.63. The van der Waals surface area contributed by atoms with Crippen LogP contribution in [0.15, 0.2) is 48.5 Å². The Bertz CT molecular complexity index is 1020. The van der Waals surface area contributed by atoms with Crippen LogP contribution in [0.2, 0.25) is 0 Å². The first-order valence-electron chi connectivity index (χ1n) is 11.1. The van der Waals surface area contributed by atoms with E-state index in [0.717, 1.165) is 23.3 Å². The minimum atomic E-state index is -1.16. The Morgan fingerprint density at radius 1 is 1.22 bits per heavy atom. The molecule has 2 N–H and O–H groups in total. The average Bonchev–Trinajstić information content (AvgIpc) is 3.24. The number of carbonyl (C=O) groups excluding carboxylic acids is 1. The van der Waals surface area contributed by atoms with Crippen LogP contribution in [0.3, 0.4) is 0 Å². The van der Waals surface area contributed by atoms with Crippen LogP contribution in [-0.2, 0) is 16.8 Å². The molecule has 6 heteroatoms. The number of para-hydroxylation sites is 1. The van der Waals surface area contributed by atoms with Crippen molar-refractivity contribution in [1.82, 2.24) is 5.32 Å². The maximum Gasteiger partial charge on any atom is 0.154 e. The van der Waals surface area contributed by atoms with E-state index in [1.165, 1.54) is 0 Å². The molecule has 1 saturated heterocycles. The molecule has 2 aliphatic rings. The summed E-state index contributed by atoms with van der Waals surface area (Å²) >= 11 is 0. The molecule has 1 saturated carbocycles. The lowest BCUT2D eigenvalue weighted by molar-refractivity contribution is -0.124. The quantitative estimate of drug-likeness (QED) is 0.695. The lowest BCUT2D eigenvalue weighted by atomic mass is 9.61. The minimum absolute atomic E-state index is 0.0168. The van der Waals surface area contributed by atoms with Gasteiger partial charge in [0.15, 0.2) is 5.78 Å². The van der Waals surface area contributed by atoms with Gasteiger partial charge in [-0.2, -0.15) is 5.26 Å². The first kappa shape index (κ1) is 22.3. The second-order valence-corrected chi connectivity index (χ2v) is 8.94. The first-order valence-corrected chi connectivity index (χ1v) is 11.1. The summed E-state index contributed by atoms with van der Waals surface area (Å²) in [6.45, 7) is 0.549. The number of hydrogen-bond acceptors (Lipinski definition) is 6. The maximum atomic E-state index is 13.3. The molecule has 1 heterocycles. The summed E-state index contributed by atoms with van der Waals surface area (Å²) in [5, 5.41) is 24.8. The molecule has 2 aromatic carbocycles. The van der Waals surface area contributed by atoms with E-state index in [1.807, 2.05) is 48.5 Å². The molecule has 2 fully saturated rings. The fourth-order valence-electron chi connectivity index (χ4n) is 5.71. The van der Waals surface area contributed by atoms with E-state index >= 15 is 0 Å². The number of nitrogens with one attached hydrogen (secondary N) is 1. The molecule has 0 radical (unpaired) electrons. The molecule has 1 aliphatic carbocycles. The first-order chi connectivity index (χ1) is 15.5. The van der Waals surface area contributed by atoms with Crippen LogP contribution in [-0.4, -0.2) is 37.7 Å². The van der Waals surface area contributed by atoms with E-state index in [1.54, 1.807) is 14.2 Å². The summed E-state index contributed by atoms with van der Waals surface area (Å²) in [7, 11) is 3.21. The van der Waals surface area contributed by atoms with Gasteiger partial charge >= 0.3 is 0 Å². The van der Waals surface area contributed by atoms with Gasteiger partial charge in [0.05, 0.1) is 31.9 Å². The van der Waals surface area contributed by atoms with E-state index in [9.17, 15) is 15.2 Å². The second-order valence-electron chi connectivity index (χ2n) is 8.94. The van der Waals surface area contributed by atoms with E-state index in [-0.39, 0.29) is 29.6 Å². The van der Waals surface area contributed by atoms with Crippen LogP contribution in [0.25, 0.3) is 0 Å². The van der Waals surface area contributed by atoms with E-state index in [0.29, 0.717) is 31.6 Å². The Hall–Kier alpha value is -2.88. The highest BCUT2D eigenvalue weighted by atomic mass is 16.5. The SMILES string of the molecule is COc1cccc(CC(=O)C2NC[C@@H]3[C@H]2C[C@@H](CC#N)C[C@@]3(O)c2ccccc2OC)c1. The Morgan fingerprint density at radius 2 is 2.03 bits per heavy atom. The predicted octanol–water partition coefficient (Wildman–Crippen LogP) is 3.23. The fraction of sp³-hybridized carbons (Fsp3) is 0.462. The molecular formula is C26H30N2O4. The average molecular weight is 435 g/mol. The topological polar surface area (TPSA) is 91.6 Å². The number of carbonyl (C=O) groups is 1. The summed E-state index contributed by atoms with van der Waals surface area (Å²) < 4.78 is 10.8. The van der Waals surface area contributed by atoms with Gasteiger partial charge in [-0.15, -0.1) is 0 Å². The largest absolute Gasteiger partial charge is 0.497 e. The highest BCUT2D eigenvalue weighted by Gasteiger charge is 2.55. The molecule has 4 rings (SSSR count). The summed E-state index contributed by atoms with van der Waals surface area (Å²) in [6, 6.07) is 17.0. The van der Waals surface area contributed by atoms with Crippen molar-refractivity contribution in [2.24, 2.45) is 17.8 Å². The molecule has 32 heavy (non-hydrogen) atoms. The predicted molar refractivity (Wildman–Crippen MR) is 120 cm³/mol. The molecule has 168 valence electrons.